The van der Waals surface area contributed by atoms with Crippen molar-refractivity contribution < 1.29 is 9.90 Å². The number of rotatable bonds is 4. The number of hydrogen-bond acceptors (Lipinski definition) is 5. The molecule has 4 N–H and O–H groups in total. The molecule has 0 aliphatic heterocycles. The van der Waals surface area contributed by atoms with Crippen LogP contribution in [0.2, 0.25) is 0 Å². The number of aromatic nitrogens is 2. The number of carbonyl (C=O) groups is 1. The van der Waals surface area contributed by atoms with E-state index in [0.717, 1.165) is 0 Å². The van der Waals surface area contributed by atoms with Crippen LogP contribution < -0.4 is 11.1 Å². The molecule has 6 nitrogen and oxygen atoms in total. The lowest BCUT2D eigenvalue weighted by Gasteiger charge is -2.11. The van der Waals surface area contributed by atoms with Gasteiger partial charge >= 0.3 is 0 Å². The molecule has 1 atom stereocenters. The lowest BCUT2D eigenvalue weighted by atomic mass is 10.3. The maximum atomic E-state index is 10.7. The Morgan fingerprint density at radius 2 is 2.54 bits per heavy atom. The molecule has 0 radical (unpaired) electrons. The molecule has 1 rings (SSSR count). The zero-order chi connectivity index (χ0) is 9.68. The molecule has 0 saturated carbocycles. The van der Waals surface area contributed by atoms with E-state index in [2.05, 4.69) is 15.5 Å². The van der Waals surface area contributed by atoms with Crippen LogP contribution in [-0.2, 0) is 4.79 Å². The minimum Gasteiger partial charge on any atom is -0.394 e. The molecule has 0 aliphatic carbocycles. The van der Waals surface area contributed by atoms with E-state index >= 15 is 0 Å². The van der Waals surface area contributed by atoms with Gasteiger partial charge in [-0.15, -0.1) is 5.10 Å². The van der Waals surface area contributed by atoms with Crippen LogP contribution in [0.15, 0.2) is 18.3 Å². The van der Waals surface area contributed by atoms with Crippen molar-refractivity contribution in [1.82, 2.24) is 10.2 Å². The van der Waals surface area contributed by atoms with E-state index in [4.69, 9.17) is 10.8 Å². The number of nitrogens with two attached hydrogens (primary N) is 1. The van der Waals surface area contributed by atoms with Crippen LogP contribution in [0, 0.1) is 0 Å². The number of amides is 1. The smallest absolute Gasteiger partial charge is 0.242 e. The molecule has 1 amide bonds. The van der Waals surface area contributed by atoms with Gasteiger partial charge < -0.3 is 16.2 Å². The van der Waals surface area contributed by atoms with E-state index in [-0.39, 0.29) is 6.61 Å². The summed E-state index contributed by atoms with van der Waals surface area (Å²) in [5.74, 6) is -0.228. The Morgan fingerprint density at radius 3 is 3.00 bits per heavy atom. The SMILES string of the molecule is NC(=O)[C@H](CO)Nc1cccnn1. The van der Waals surface area contributed by atoms with Crippen molar-refractivity contribution in [2.75, 3.05) is 11.9 Å². The predicted octanol–water partition coefficient (Wildman–Crippen LogP) is -1.27. The normalized spacial score (nSPS) is 12.1. The van der Waals surface area contributed by atoms with Crippen LogP contribution in [0.5, 0.6) is 0 Å². The number of aliphatic hydroxyl groups excluding tert-OH is 1. The molecular formula is C7H10N4O2. The minimum atomic E-state index is -0.823. The Bertz CT molecular complexity index is 277. The molecule has 0 saturated heterocycles. The van der Waals surface area contributed by atoms with Crippen molar-refractivity contribution in [3.05, 3.63) is 18.3 Å². The Labute approximate surface area is 74.8 Å². The molecule has 6 heteroatoms. The van der Waals surface area contributed by atoms with Gasteiger partial charge in [-0.3, -0.25) is 4.79 Å². The van der Waals surface area contributed by atoms with Gasteiger partial charge in [0, 0.05) is 6.20 Å². The highest BCUT2D eigenvalue weighted by atomic mass is 16.3. The summed E-state index contributed by atoms with van der Waals surface area (Å²) in [5.41, 5.74) is 4.99. The summed E-state index contributed by atoms with van der Waals surface area (Å²) in [4.78, 5) is 10.7. The maximum Gasteiger partial charge on any atom is 0.242 e. The van der Waals surface area contributed by atoms with Gasteiger partial charge in [-0.25, -0.2) is 0 Å². The first-order valence-electron chi connectivity index (χ1n) is 3.68. The lowest BCUT2D eigenvalue weighted by molar-refractivity contribution is -0.119. The van der Waals surface area contributed by atoms with Gasteiger partial charge in [0.25, 0.3) is 0 Å². The zero-order valence-electron chi connectivity index (χ0n) is 6.84. The first-order chi connectivity index (χ1) is 6.24. The molecule has 13 heavy (non-hydrogen) atoms. The summed E-state index contributed by atoms with van der Waals surface area (Å²) < 4.78 is 0. The Morgan fingerprint density at radius 1 is 1.77 bits per heavy atom. The van der Waals surface area contributed by atoms with Crippen molar-refractivity contribution in [3.63, 3.8) is 0 Å². The van der Waals surface area contributed by atoms with E-state index in [1.165, 1.54) is 6.20 Å². The quantitative estimate of drug-likeness (QED) is 0.539. The van der Waals surface area contributed by atoms with Gasteiger partial charge in [0.2, 0.25) is 5.91 Å². The van der Waals surface area contributed by atoms with Gasteiger partial charge in [0.15, 0.2) is 0 Å². The summed E-state index contributed by atoms with van der Waals surface area (Å²) >= 11 is 0. The van der Waals surface area contributed by atoms with E-state index in [1.54, 1.807) is 12.1 Å². The highest BCUT2D eigenvalue weighted by molar-refractivity contribution is 5.82. The number of nitrogens with zero attached hydrogens (tertiary/aromatic N) is 2. The Balaban J connectivity index is 2.62. The zero-order valence-corrected chi connectivity index (χ0v) is 6.84. The van der Waals surface area contributed by atoms with Crippen LogP contribution in [-0.4, -0.2) is 33.9 Å². The van der Waals surface area contributed by atoms with Gasteiger partial charge in [-0.05, 0) is 12.1 Å². The average Bonchev–Trinajstić information content (AvgIpc) is 2.15. The van der Waals surface area contributed by atoms with Crippen LogP contribution in [0.25, 0.3) is 0 Å². The molecule has 0 fully saturated rings. The molecule has 0 aromatic carbocycles. The first kappa shape index (κ1) is 9.40. The lowest BCUT2D eigenvalue weighted by Crippen LogP contribution is -2.38. The van der Waals surface area contributed by atoms with Crippen LogP contribution in [0.4, 0.5) is 5.82 Å². The highest BCUT2D eigenvalue weighted by Crippen LogP contribution is 2.00. The van der Waals surface area contributed by atoms with Crippen molar-refractivity contribution >= 4 is 11.7 Å². The maximum absolute atomic E-state index is 10.7. The van der Waals surface area contributed by atoms with Crippen LogP contribution in [0.1, 0.15) is 0 Å². The van der Waals surface area contributed by atoms with E-state index < -0.39 is 11.9 Å². The number of hydrogen-bond donors (Lipinski definition) is 3. The third-order valence-corrected chi connectivity index (χ3v) is 1.42. The van der Waals surface area contributed by atoms with Gasteiger partial charge in [-0.2, -0.15) is 5.10 Å². The highest BCUT2D eigenvalue weighted by Gasteiger charge is 2.13. The number of aliphatic hydroxyl groups is 1. The number of anilines is 1. The summed E-state index contributed by atoms with van der Waals surface area (Å²) in [5, 5.41) is 18.6. The van der Waals surface area contributed by atoms with Crippen LogP contribution in [0.3, 0.4) is 0 Å². The van der Waals surface area contributed by atoms with Gasteiger partial charge in [0.05, 0.1) is 6.61 Å². The van der Waals surface area contributed by atoms with Crippen LogP contribution >= 0.6 is 0 Å². The van der Waals surface area contributed by atoms with Gasteiger partial charge in [-0.1, -0.05) is 0 Å². The van der Waals surface area contributed by atoms with E-state index in [0.29, 0.717) is 5.82 Å². The average molecular weight is 182 g/mol. The summed E-state index contributed by atoms with van der Waals surface area (Å²) in [6.45, 7) is -0.369. The molecule has 1 aromatic rings. The fourth-order valence-electron chi connectivity index (χ4n) is 0.764. The Hall–Kier alpha value is -1.69. The number of carbonyl (C=O) groups excluding carboxylic acids is 1. The fourth-order valence-corrected chi connectivity index (χ4v) is 0.764. The van der Waals surface area contributed by atoms with Crippen molar-refractivity contribution in [2.45, 2.75) is 6.04 Å². The van der Waals surface area contributed by atoms with Crippen molar-refractivity contribution in [2.24, 2.45) is 5.73 Å². The standard InChI is InChI=1S/C7H10N4O2/c8-7(13)5(4-12)10-6-2-1-3-9-11-6/h1-3,5,12H,4H2,(H2,8,13)(H,10,11)/t5-/m0/s1. The molecule has 0 unspecified atom stereocenters. The van der Waals surface area contributed by atoms with Crippen molar-refractivity contribution in [1.29, 1.82) is 0 Å². The molecular weight excluding hydrogens is 172 g/mol. The fraction of sp³-hybridized carbons (Fsp3) is 0.286. The third kappa shape index (κ3) is 2.68. The second kappa shape index (κ2) is 4.36. The Kier molecular flexibility index (Phi) is 3.15. The molecule has 70 valence electrons. The number of primary amides is 1. The predicted molar refractivity (Wildman–Crippen MR) is 45.7 cm³/mol. The van der Waals surface area contributed by atoms with E-state index in [1.807, 2.05) is 0 Å². The van der Waals surface area contributed by atoms with Crippen molar-refractivity contribution in [3.8, 4) is 0 Å². The minimum absolute atomic E-state index is 0.369. The molecule has 1 aromatic heterocycles. The number of nitrogens with one attached hydrogen (secondary N) is 1. The second-order valence-corrected chi connectivity index (χ2v) is 2.39. The second-order valence-electron chi connectivity index (χ2n) is 2.39. The monoisotopic (exact) mass is 182 g/mol. The first-order valence-corrected chi connectivity index (χ1v) is 3.68. The van der Waals surface area contributed by atoms with Gasteiger partial charge in [0.1, 0.15) is 11.9 Å². The largest absolute Gasteiger partial charge is 0.394 e. The molecule has 1 heterocycles. The topological polar surface area (TPSA) is 101 Å². The summed E-state index contributed by atoms with van der Waals surface area (Å²) in [7, 11) is 0. The van der Waals surface area contributed by atoms with E-state index in [9.17, 15) is 4.79 Å². The molecule has 0 aliphatic rings. The summed E-state index contributed by atoms with van der Waals surface area (Å²) in [6.07, 6.45) is 1.50. The third-order valence-electron chi connectivity index (χ3n) is 1.42. The summed E-state index contributed by atoms with van der Waals surface area (Å²) in [6, 6.07) is 2.46. The molecule has 0 bridgehead atoms. The molecule has 0 spiro atoms.